The average Bonchev–Trinajstić information content (AvgIpc) is 2.68. The minimum absolute atomic E-state index is 0.245. The molecule has 1 unspecified atom stereocenters. The Morgan fingerprint density at radius 1 is 1.07 bits per heavy atom. The molecule has 0 aliphatic carbocycles. The number of amides is 1. The predicted octanol–water partition coefficient (Wildman–Crippen LogP) is 2.91. The van der Waals surface area contributed by atoms with Gasteiger partial charge in [-0.3, -0.25) is 4.79 Å². The van der Waals surface area contributed by atoms with Crippen molar-refractivity contribution >= 4 is 11.9 Å². The minimum Gasteiger partial charge on any atom is -0.497 e. The molecule has 0 aliphatic rings. The van der Waals surface area contributed by atoms with Crippen LogP contribution in [0.3, 0.4) is 0 Å². The highest BCUT2D eigenvalue weighted by Gasteiger charge is 2.63. The Kier molecular flexibility index (Phi) is 6.86. The number of benzene rings is 2. The fraction of sp³-hybridized carbons (Fsp3) is 0.300. The number of carbonyl (C=O) groups is 2. The smallest absolute Gasteiger partial charge is 0.430 e. The molecule has 0 saturated heterocycles. The van der Waals surface area contributed by atoms with Crippen molar-refractivity contribution < 1.29 is 37.3 Å². The van der Waals surface area contributed by atoms with Crippen LogP contribution in [0.4, 0.5) is 13.2 Å². The number of alkyl halides is 3. The lowest BCUT2D eigenvalue weighted by atomic mass is 9.91. The van der Waals surface area contributed by atoms with Crippen molar-refractivity contribution in [2.24, 2.45) is 0 Å². The van der Waals surface area contributed by atoms with Crippen molar-refractivity contribution in [3.63, 3.8) is 0 Å². The van der Waals surface area contributed by atoms with Crippen LogP contribution in [0.5, 0.6) is 5.75 Å². The predicted molar refractivity (Wildman–Crippen MR) is 97.4 cm³/mol. The zero-order chi connectivity index (χ0) is 21.7. The summed E-state index contributed by atoms with van der Waals surface area (Å²) in [4.78, 5) is 24.4. The molecule has 0 fully saturated rings. The third-order valence-electron chi connectivity index (χ3n) is 4.38. The molecule has 0 spiro atoms. The number of aliphatic carboxylic acids is 1. The van der Waals surface area contributed by atoms with E-state index in [9.17, 15) is 27.9 Å². The monoisotopic (exact) mass is 411 g/mol. The molecular weight excluding hydrogens is 391 g/mol. The molecule has 1 amide bonds. The Bertz CT molecular complexity index is 857. The third kappa shape index (κ3) is 4.68. The Balaban J connectivity index is 2.38. The summed E-state index contributed by atoms with van der Waals surface area (Å²) in [5, 5.41) is 11.4. The average molecular weight is 411 g/mol. The van der Waals surface area contributed by atoms with Gasteiger partial charge in [0.2, 0.25) is 0 Å². The quantitative estimate of drug-likeness (QED) is 0.698. The number of rotatable bonds is 8. The number of carboxylic acid groups (broad SMARTS) is 1. The van der Waals surface area contributed by atoms with Crippen molar-refractivity contribution in [2.75, 3.05) is 14.2 Å². The maximum atomic E-state index is 13.9. The van der Waals surface area contributed by atoms with Gasteiger partial charge in [-0.15, -0.1) is 0 Å². The van der Waals surface area contributed by atoms with Crippen LogP contribution in [0.1, 0.15) is 11.1 Å². The van der Waals surface area contributed by atoms with E-state index in [0.717, 1.165) is 19.2 Å². The van der Waals surface area contributed by atoms with Crippen LogP contribution in [0.2, 0.25) is 0 Å². The van der Waals surface area contributed by atoms with Crippen molar-refractivity contribution in [3.8, 4) is 5.75 Å². The third-order valence-corrected chi connectivity index (χ3v) is 4.38. The molecule has 2 aromatic carbocycles. The van der Waals surface area contributed by atoms with E-state index in [-0.39, 0.29) is 6.42 Å². The van der Waals surface area contributed by atoms with Gasteiger partial charge in [0.25, 0.3) is 11.5 Å². The molecule has 0 radical (unpaired) electrons. The van der Waals surface area contributed by atoms with Gasteiger partial charge in [0, 0.05) is 19.1 Å². The van der Waals surface area contributed by atoms with Gasteiger partial charge < -0.3 is 19.9 Å². The standard InChI is InChI=1S/C20H20F3NO5/c1-28-15-10-6-7-13(11-15)12-16(17(25)26)24-18(27)19(29-2,20(21,22)23)14-8-4-3-5-9-14/h3-11,16H,12H2,1-2H3,(H,24,27)(H,25,26)/t16-,19?/m1/s1. The van der Waals surface area contributed by atoms with E-state index < -0.39 is 35.3 Å². The van der Waals surface area contributed by atoms with Crippen molar-refractivity contribution in [1.29, 1.82) is 0 Å². The van der Waals surface area contributed by atoms with Gasteiger partial charge >= 0.3 is 12.1 Å². The zero-order valence-corrected chi connectivity index (χ0v) is 15.7. The second kappa shape index (κ2) is 8.95. The van der Waals surface area contributed by atoms with Gasteiger partial charge in [-0.2, -0.15) is 13.2 Å². The molecule has 0 heterocycles. The number of hydrogen-bond acceptors (Lipinski definition) is 4. The van der Waals surface area contributed by atoms with Crippen LogP contribution in [-0.2, 0) is 26.3 Å². The lowest BCUT2D eigenvalue weighted by molar-refractivity contribution is -0.266. The molecule has 0 bridgehead atoms. The fourth-order valence-corrected chi connectivity index (χ4v) is 2.92. The topological polar surface area (TPSA) is 84.9 Å². The van der Waals surface area contributed by atoms with E-state index >= 15 is 0 Å². The summed E-state index contributed by atoms with van der Waals surface area (Å²) in [6, 6.07) is 11.1. The SMILES string of the molecule is COc1cccc(C[C@@H](NC(=O)C(OC)(c2ccccc2)C(F)(F)F)C(=O)O)c1. The Labute approximate surface area is 165 Å². The second-order valence-electron chi connectivity index (χ2n) is 6.17. The highest BCUT2D eigenvalue weighted by Crippen LogP contribution is 2.42. The van der Waals surface area contributed by atoms with Crippen molar-refractivity contribution in [2.45, 2.75) is 24.2 Å². The van der Waals surface area contributed by atoms with Crippen molar-refractivity contribution in [3.05, 3.63) is 65.7 Å². The minimum atomic E-state index is -5.13. The van der Waals surface area contributed by atoms with E-state index in [0.29, 0.717) is 11.3 Å². The van der Waals surface area contributed by atoms with Crippen LogP contribution in [-0.4, -0.2) is 43.4 Å². The van der Waals surface area contributed by atoms with Crippen molar-refractivity contribution in [1.82, 2.24) is 5.32 Å². The molecule has 2 atom stereocenters. The van der Waals surface area contributed by atoms with Gasteiger partial charge in [0.1, 0.15) is 11.8 Å². The molecule has 6 nitrogen and oxygen atoms in total. The summed E-state index contributed by atoms with van der Waals surface area (Å²) in [5.74, 6) is -2.65. The fourth-order valence-electron chi connectivity index (χ4n) is 2.92. The maximum absolute atomic E-state index is 13.9. The number of carboxylic acids is 1. The van der Waals surface area contributed by atoms with Crippen LogP contribution in [0, 0.1) is 0 Å². The summed E-state index contributed by atoms with van der Waals surface area (Å²) < 4.78 is 51.5. The summed E-state index contributed by atoms with van der Waals surface area (Å²) in [7, 11) is 2.17. The van der Waals surface area contributed by atoms with Gasteiger partial charge in [-0.25, -0.2) is 4.79 Å². The molecular formula is C20H20F3NO5. The van der Waals surface area contributed by atoms with Gasteiger partial charge in [-0.1, -0.05) is 42.5 Å². The number of halogens is 3. The summed E-state index contributed by atoms with van der Waals surface area (Å²) >= 11 is 0. The molecule has 29 heavy (non-hydrogen) atoms. The van der Waals surface area contributed by atoms with E-state index in [1.165, 1.54) is 31.4 Å². The van der Waals surface area contributed by atoms with Gasteiger partial charge in [0.15, 0.2) is 0 Å². The van der Waals surface area contributed by atoms with E-state index in [4.69, 9.17) is 4.74 Å². The summed E-state index contributed by atoms with van der Waals surface area (Å²) in [5.41, 5.74) is -3.35. The van der Waals surface area contributed by atoms with Crippen LogP contribution >= 0.6 is 0 Å². The summed E-state index contributed by atoms with van der Waals surface area (Å²) in [6.45, 7) is 0. The summed E-state index contributed by atoms with van der Waals surface area (Å²) in [6.07, 6.45) is -5.38. The van der Waals surface area contributed by atoms with Gasteiger partial charge in [-0.05, 0) is 17.7 Å². The Morgan fingerprint density at radius 3 is 2.24 bits per heavy atom. The van der Waals surface area contributed by atoms with Gasteiger partial charge in [0.05, 0.1) is 7.11 Å². The van der Waals surface area contributed by atoms with E-state index in [1.807, 2.05) is 5.32 Å². The lowest BCUT2D eigenvalue weighted by Gasteiger charge is -2.34. The molecule has 2 N–H and O–H groups in total. The molecule has 156 valence electrons. The van der Waals surface area contributed by atoms with Crippen LogP contribution < -0.4 is 10.1 Å². The maximum Gasteiger partial charge on any atom is 0.430 e. The number of nitrogens with one attached hydrogen (secondary N) is 1. The molecule has 2 aromatic rings. The first-order chi connectivity index (χ1) is 13.7. The molecule has 2 rings (SSSR count). The number of ether oxygens (including phenoxy) is 2. The highest BCUT2D eigenvalue weighted by atomic mass is 19.4. The van der Waals surface area contributed by atoms with Crippen LogP contribution in [0.15, 0.2) is 54.6 Å². The molecule has 0 aliphatic heterocycles. The molecule has 0 aromatic heterocycles. The number of carbonyl (C=O) groups excluding carboxylic acids is 1. The Morgan fingerprint density at radius 2 is 1.72 bits per heavy atom. The normalized spacial score (nSPS) is 14.5. The first-order valence-electron chi connectivity index (χ1n) is 8.49. The second-order valence-corrected chi connectivity index (χ2v) is 6.17. The largest absolute Gasteiger partial charge is 0.497 e. The molecule has 0 saturated carbocycles. The molecule has 9 heteroatoms. The number of hydrogen-bond donors (Lipinski definition) is 2. The first-order valence-corrected chi connectivity index (χ1v) is 8.49. The highest BCUT2D eigenvalue weighted by molar-refractivity contribution is 5.91. The van der Waals surface area contributed by atoms with E-state index in [2.05, 4.69) is 4.74 Å². The zero-order valence-electron chi connectivity index (χ0n) is 15.7. The first kappa shape index (κ1) is 22.2. The number of methoxy groups -OCH3 is 2. The van der Waals surface area contributed by atoms with E-state index in [1.54, 1.807) is 18.2 Å². The van der Waals surface area contributed by atoms with Crippen LogP contribution in [0.25, 0.3) is 0 Å². The lowest BCUT2D eigenvalue weighted by Crippen LogP contribution is -2.59. The Hall–Kier alpha value is -3.07.